The second-order valence-corrected chi connectivity index (χ2v) is 5.82. The largest absolute Gasteiger partial charge is 0.391 e. The topological polar surface area (TPSA) is 92.4 Å². The summed E-state index contributed by atoms with van der Waals surface area (Å²) in [4.78, 5) is 0.0764. The molecule has 4 N–H and O–H groups in total. The Kier molecular flexibility index (Phi) is 4.50. The highest BCUT2D eigenvalue weighted by Crippen LogP contribution is 2.13. The van der Waals surface area contributed by atoms with Gasteiger partial charge in [-0.3, -0.25) is 0 Å². The molecule has 0 heterocycles. The maximum absolute atomic E-state index is 11.0. The van der Waals surface area contributed by atoms with Crippen molar-refractivity contribution in [2.24, 2.45) is 11.1 Å². The number of aliphatic hydroxyl groups excluding tert-OH is 1. The van der Waals surface area contributed by atoms with E-state index in [2.05, 4.69) is 5.32 Å². The fourth-order valence-corrected chi connectivity index (χ4v) is 1.74. The molecule has 0 aromatic heterocycles. The molecule has 0 aliphatic rings. The molecule has 1 aromatic carbocycles. The predicted octanol–water partition coefficient (Wildman–Crippen LogP) is 0.763. The Balaban J connectivity index is 2.64. The normalized spacial score (nSPS) is 13.7. The number of nitrogens with one attached hydrogen (secondary N) is 1. The van der Waals surface area contributed by atoms with E-state index in [1.807, 2.05) is 13.8 Å². The van der Waals surface area contributed by atoms with Gasteiger partial charge in [-0.15, -0.1) is 0 Å². The molecule has 1 rings (SSSR count). The lowest BCUT2D eigenvalue weighted by Gasteiger charge is -2.15. The molecule has 96 valence electrons. The lowest BCUT2D eigenvalue weighted by atomic mass is 10.1. The third kappa shape index (κ3) is 4.33. The van der Waals surface area contributed by atoms with E-state index in [0.29, 0.717) is 6.54 Å². The van der Waals surface area contributed by atoms with Crippen LogP contribution in [-0.4, -0.2) is 26.2 Å². The molecular formula is C11H18N2O3S. The molecule has 0 aliphatic carbocycles. The summed E-state index contributed by atoms with van der Waals surface area (Å²) in [5.74, 6) is 0.172. The highest BCUT2D eigenvalue weighted by Gasteiger charge is 2.09. The van der Waals surface area contributed by atoms with Crippen LogP contribution < -0.4 is 10.5 Å². The Bertz CT molecular complexity index is 454. The average Bonchev–Trinajstić information content (AvgIpc) is 2.25. The first kappa shape index (κ1) is 14.0. The molecule has 1 atom stereocenters. The van der Waals surface area contributed by atoms with Crippen molar-refractivity contribution < 1.29 is 13.5 Å². The van der Waals surface area contributed by atoms with Gasteiger partial charge in [0.1, 0.15) is 0 Å². The van der Waals surface area contributed by atoms with Gasteiger partial charge >= 0.3 is 0 Å². The van der Waals surface area contributed by atoms with E-state index >= 15 is 0 Å². The van der Waals surface area contributed by atoms with Crippen LogP contribution in [0.5, 0.6) is 0 Å². The van der Waals surface area contributed by atoms with E-state index in [9.17, 15) is 13.5 Å². The van der Waals surface area contributed by atoms with Crippen LogP contribution in [0.4, 0.5) is 5.69 Å². The van der Waals surface area contributed by atoms with Gasteiger partial charge in [0, 0.05) is 12.2 Å². The van der Waals surface area contributed by atoms with Crippen molar-refractivity contribution in [2.45, 2.75) is 24.8 Å². The third-order valence-corrected chi connectivity index (χ3v) is 3.40. The van der Waals surface area contributed by atoms with Gasteiger partial charge in [-0.05, 0) is 30.2 Å². The molecule has 6 heteroatoms. The second-order valence-electron chi connectivity index (χ2n) is 4.26. The first-order valence-corrected chi connectivity index (χ1v) is 6.90. The van der Waals surface area contributed by atoms with E-state index < -0.39 is 16.1 Å². The minimum atomic E-state index is -3.64. The molecule has 5 nitrogen and oxygen atoms in total. The van der Waals surface area contributed by atoms with Gasteiger partial charge in [-0.1, -0.05) is 13.8 Å². The van der Waals surface area contributed by atoms with Crippen LogP contribution in [0.25, 0.3) is 0 Å². The fourth-order valence-electron chi connectivity index (χ4n) is 1.22. The highest BCUT2D eigenvalue weighted by molar-refractivity contribution is 7.89. The summed E-state index contributed by atoms with van der Waals surface area (Å²) in [7, 11) is -3.64. The number of benzene rings is 1. The summed E-state index contributed by atoms with van der Waals surface area (Å²) in [6, 6.07) is 6.10. The Hall–Kier alpha value is -1.11. The summed E-state index contributed by atoms with van der Waals surface area (Å²) < 4.78 is 22.0. The van der Waals surface area contributed by atoms with Gasteiger partial charge in [0.25, 0.3) is 0 Å². The van der Waals surface area contributed by atoms with E-state index in [4.69, 9.17) is 5.14 Å². The van der Waals surface area contributed by atoms with Crippen LogP contribution in [0.1, 0.15) is 13.8 Å². The quantitative estimate of drug-likeness (QED) is 0.727. The predicted molar refractivity (Wildman–Crippen MR) is 67.1 cm³/mol. The zero-order valence-corrected chi connectivity index (χ0v) is 10.7. The maximum atomic E-state index is 11.0. The van der Waals surface area contributed by atoms with Crippen molar-refractivity contribution >= 4 is 15.7 Å². The third-order valence-electron chi connectivity index (χ3n) is 2.47. The molecule has 0 saturated carbocycles. The van der Waals surface area contributed by atoms with Crippen molar-refractivity contribution in [2.75, 3.05) is 11.9 Å². The summed E-state index contributed by atoms with van der Waals surface area (Å²) in [5.41, 5.74) is 0.747. The van der Waals surface area contributed by atoms with E-state index in [1.54, 1.807) is 12.1 Å². The van der Waals surface area contributed by atoms with E-state index in [-0.39, 0.29) is 10.8 Å². The molecule has 1 unspecified atom stereocenters. The van der Waals surface area contributed by atoms with Crippen molar-refractivity contribution in [3.05, 3.63) is 24.3 Å². The summed E-state index contributed by atoms with van der Waals surface area (Å²) >= 11 is 0. The number of sulfonamides is 1. The average molecular weight is 258 g/mol. The molecular weight excluding hydrogens is 240 g/mol. The molecule has 0 bridgehead atoms. The number of rotatable bonds is 5. The van der Waals surface area contributed by atoms with Crippen molar-refractivity contribution in [1.29, 1.82) is 0 Å². The first-order chi connectivity index (χ1) is 7.80. The van der Waals surface area contributed by atoms with Crippen molar-refractivity contribution in [1.82, 2.24) is 0 Å². The van der Waals surface area contributed by atoms with Crippen LogP contribution in [-0.2, 0) is 10.0 Å². The number of primary sulfonamides is 1. The standard InChI is InChI=1S/C11H18N2O3S/c1-8(2)11(14)7-13-9-3-5-10(6-4-9)17(12,15)16/h3-6,8,11,13-14H,7H2,1-2H3,(H2,12,15,16). The minimum Gasteiger partial charge on any atom is -0.391 e. The summed E-state index contributed by atoms with van der Waals surface area (Å²) in [5, 5.41) is 17.6. The maximum Gasteiger partial charge on any atom is 0.238 e. The van der Waals surface area contributed by atoms with Crippen LogP contribution in [0.15, 0.2) is 29.2 Å². The Morgan fingerprint density at radius 1 is 1.29 bits per heavy atom. The van der Waals surface area contributed by atoms with Gasteiger partial charge in [0.2, 0.25) is 10.0 Å². The number of hydrogen-bond acceptors (Lipinski definition) is 4. The second kappa shape index (κ2) is 5.48. The molecule has 0 radical (unpaired) electrons. The molecule has 0 amide bonds. The zero-order chi connectivity index (χ0) is 13.1. The van der Waals surface area contributed by atoms with Crippen molar-refractivity contribution in [3.63, 3.8) is 0 Å². The lowest BCUT2D eigenvalue weighted by molar-refractivity contribution is 0.138. The summed E-state index contributed by atoms with van der Waals surface area (Å²) in [6.45, 7) is 4.28. The van der Waals surface area contributed by atoms with Crippen molar-refractivity contribution in [3.8, 4) is 0 Å². The molecule has 17 heavy (non-hydrogen) atoms. The minimum absolute atomic E-state index is 0.0764. The van der Waals surface area contributed by atoms with E-state index in [1.165, 1.54) is 12.1 Å². The molecule has 0 aliphatic heterocycles. The van der Waals surface area contributed by atoms with Gasteiger partial charge < -0.3 is 10.4 Å². The lowest BCUT2D eigenvalue weighted by Crippen LogP contribution is -2.24. The molecule has 0 fully saturated rings. The SMILES string of the molecule is CC(C)C(O)CNc1ccc(S(N)(=O)=O)cc1. The fraction of sp³-hybridized carbons (Fsp3) is 0.455. The Morgan fingerprint density at radius 3 is 2.24 bits per heavy atom. The van der Waals surface area contributed by atoms with Gasteiger partial charge in [-0.25, -0.2) is 13.6 Å². The summed E-state index contributed by atoms with van der Waals surface area (Å²) in [6.07, 6.45) is -0.437. The van der Waals surface area contributed by atoms with Crippen LogP contribution in [0.2, 0.25) is 0 Å². The number of aliphatic hydroxyl groups is 1. The first-order valence-electron chi connectivity index (χ1n) is 5.35. The van der Waals surface area contributed by atoms with Gasteiger partial charge in [0.15, 0.2) is 0 Å². The molecule has 0 spiro atoms. The molecule has 1 aromatic rings. The number of anilines is 1. The van der Waals surface area contributed by atoms with Crippen LogP contribution in [0, 0.1) is 5.92 Å². The number of nitrogens with two attached hydrogens (primary N) is 1. The van der Waals surface area contributed by atoms with Crippen LogP contribution in [0.3, 0.4) is 0 Å². The monoisotopic (exact) mass is 258 g/mol. The Labute approximate surface area is 102 Å². The van der Waals surface area contributed by atoms with E-state index in [0.717, 1.165) is 5.69 Å². The highest BCUT2D eigenvalue weighted by atomic mass is 32.2. The molecule has 0 saturated heterocycles. The van der Waals surface area contributed by atoms with Gasteiger partial charge in [0.05, 0.1) is 11.0 Å². The van der Waals surface area contributed by atoms with Gasteiger partial charge in [-0.2, -0.15) is 0 Å². The van der Waals surface area contributed by atoms with Crippen LogP contribution >= 0.6 is 0 Å². The zero-order valence-electron chi connectivity index (χ0n) is 9.92. The smallest absolute Gasteiger partial charge is 0.238 e. The Morgan fingerprint density at radius 2 is 1.82 bits per heavy atom. The number of hydrogen-bond donors (Lipinski definition) is 3.